The Morgan fingerprint density at radius 2 is 1.33 bits per heavy atom. The molecule has 0 aromatic rings. The van der Waals surface area contributed by atoms with E-state index in [1.165, 1.54) is 0 Å². The second kappa shape index (κ2) is 3.36. The Hall–Kier alpha value is 0.540. The first-order chi connectivity index (χ1) is 5.06. The van der Waals surface area contributed by atoms with Crippen LogP contribution in [0.2, 0.25) is 0 Å². The van der Waals surface area contributed by atoms with Crippen molar-refractivity contribution in [1.82, 2.24) is 0 Å². The van der Waals surface area contributed by atoms with E-state index in [9.17, 15) is 9.79 Å². The van der Waals surface area contributed by atoms with Gasteiger partial charge in [0.15, 0.2) is 6.54 Å². The maximum Gasteiger partial charge on any atom is 0.420 e. The van der Waals surface area contributed by atoms with Gasteiger partial charge < -0.3 is 20.6 Å². The van der Waals surface area contributed by atoms with Gasteiger partial charge in [0.05, 0.1) is 0 Å². The molecule has 0 rings (SSSR count). The zero-order chi connectivity index (χ0) is 10.2. The summed E-state index contributed by atoms with van der Waals surface area (Å²) in [5, 5.41) is 5.54. The van der Waals surface area contributed by atoms with Crippen LogP contribution in [0.25, 0.3) is 0 Å². The van der Waals surface area contributed by atoms with Crippen molar-refractivity contribution in [2.24, 2.45) is 0 Å². The minimum atomic E-state index is -5.28. The van der Waals surface area contributed by atoms with Crippen molar-refractivity contribution in [2.75, 3.05) is 6.54 Å². The summed E-state index contributed by atoms with van der Waals surface area (Å²) in [4.78, 5) is 54.5. The maximum absolute atomic E-state index is 10.4. The molecule has 8 N–H and O–H groups in total. The molecule has 0 bridgehead atoms. The number of quaternary nitrogens is 1. The lowest BCUT2D eigenvalue weighted by Crippen LogP contribution is -2.64. The molecule has 0 fully saturated rings. The molecule has 0 aliphatic heterocycles. The van der Waals surface area contributed by atoms with E-state index in [1.54, 1.807) is 0 Å². The second-order valence-corrected chi connectivity index (χ2v) is 6.12. The molecule has 0 aromatic heterocycles. The summed E-state index contributed by atoms with van der Waals surface area (Å²) >= 11 is 0. The Kier molecular flexibility index (Phi) is 3.51. The molecular weight excluding hydrogens is 212 g/mol. The van der Waals surface area contributed by atoms with Crippen LogP contribution in [0.1, 0.15) is 0 Å². The van der Waals surface area contributed by atoms with Crippen LogP contribution in [-0.4, -0.2) is 36.3 Å². The Morgan fingerprint density at radius 3 is 1.33 bits per heavy atom. The molecule has 0 unspecified atom stereocenters. The highest BCUT2D eigenvalue weighted by molar-refractivity contribution is 7.77. The number of rotatable bonds is 3. The fourth-order valence-corrected chi connectivity index (χ4v) is 2.40. The highest BCUT2D eigenvalue weighted by Gasteiger charge is 2.68. The van der Waals surface area contributed by atoms with E-state index in [4.69, 9.17) is 24.7 Å². The van der Waals surface area contributed by atoms with Gasteiger partial charge in [0.2, 0.25) is 0 Å². The van der Waals surface area contributed by atoms with Gasteiger partial charge in [-0.2, -0.15) is 0 Å². The minimum absolute atomic E-state index is 0.971. The molecule has 12 heavy (non-hydrogen) atoms. The van der Waals surface area contributed by atoms with Gasteiger partial charge in [0, 0.05) is 0 Å². The molecule has 0 radical (unpaired) electrons. The molecule has 0 amide bonds. The first-order valence-electron chi connectivity index (χ1n) is 2.69. The molecule has 0 saturated heterocycles. The van der Waals surface area contributed by atoms with Crippen molar-refractivity contribution in [3.8, 4) is 0 Å². The lowest BCUT2D eigenvalue weighted by atomic mass is 10.7. The predicted molar refractivity (Wildman–Crippen MR) is 35.4 cm³/mol. The Morgan fingerprint density at radius 1 is 1.08 bits per heavy atom. The molecule has 0 atom stereocenters. The lowest BCUT2D eigenvalue weighted by molar-refractivity contribution is -0.392. The molecule has 0 spiro atoms. The SMILES string of the molecule is [NH3+]CC(O)([P+]([O-])(O)O)[P+]([O-])(O)O. The zero-order valence-electron chi connectivity index (χ0n) is 5.86. The van der Waals surface area contributed by atoms with Gasteiger partial charge in [-0.1, -0.05) is 0 Å². The first-order valence-corrected chi connectivity index (χ1v) is 5.91. The highest BCUT2D eigenvalue weighted by Crippen LogP contribution is 2.70. The third-order valence-electron chi connectivity index (χ3n) is 1.27. The summed E-state index contributed by atoms with van der Waals surface area (Å²) in [7, 11) is -10.6. The van der Waals surface area contributed by atoms with Gasteiger partial charge in [0.1, 0.15) is 0 Å². The lowest BCUT2D eigenvalue weighted by Gasteiger charge is -2.34. The first kappa shape index (κ1) is 12.5. The van der Waals surface area contributed by atoms with Gasteiger partial charge in [-0.15, -0.1) is 0 Å². The van der Waals surface area contributed by atoms with E-state index >= 15 is 0 Å². The van der Waals surface area contributed by atoms with Crippen LogP contribution in [0, 0.1) is 0 Å². The van der Waals surface area contributed by atoms with Crippen molar-refractivity contribution in [2.45, 2.75) is 5.08 Å². The molecule has 0 aliphatic rings. The van der Waals surface area contributed by atoms with Crippen LogP contribution in [0.15, 0.2) is 0 Å². The van der Waals surface area contributed by atoms with Crippen molar-refractivity contribution >= 4 is 15.9 Å². The van der Waals surface area contributed by atoms with E-state index in [2.05, 4.69) is 5.73 Å². The molecule has 10 heteroatoms. The van der Waals surface area contributed by atoms with Crippen LogP contribution < -0.4 is 15.5 Å². The van der Waals surface area contributed by atoms with Crippen LogP contribution in [0.4, 0.5) is 0 Å². The summed E-state index contributed by atoms with van der Waals surface area (Å²) in [5.41, 5.74) is 2.86. The molecule has 74 valence electrons. The van der Waals surface area contributed by atoms with Gasteiger partial charge in [-0.25, -0.2) is 19.6 Å². The molecule has 0 saturated carbocycles. The van der Waals surface area contributed by atoms with Crippen molar-refractivity contribution in [3.63, 3.8) is 0 Å². The Labute approximate surface area is 68.7 Å². The third-order valence-corrected chi connectivity index (χ3v) is 5.14. The number of hydrogen-bond donors (Lipinski definition) is 6. The van der Waals surface area contributed by atoms with Gasteiger partial charge >= 0.3 is 21.0 Å². The highest BCUT2D eigenvalue weighted by atomic mass is 31.3. The van der Waals surface area contributed by atoms with E-state index in [0.717, 1.165) is 0 Å². The standard InChI is InChI=1S/C2H9NO7P2/c3-1-2(4,11(5,6)7)12(8,9)10/h4H,1,3H2,(H2,5,6,7)(H2,8,9,10)/p+1. The zero-order valence-corrected chi connectivity index (χ0v) is 7.65. The second-order valence-electron chi connectivity index (χ2n) is 2.11. The topological polar surface area (TPSA) is 175 Å². The minimum Gasteiger partial charge on any atom is -0.626 e. The molecule has 0 aliphatic carbocycles. The third kappa shape index (κ3) is 2.07. The van der Waals surface area contributed by atoms with Crippen molar-refractivity contribution in [3.05, 3.63) is 0 Å². The monoisotopic (exact) mass is 222 g/mol. The number of aliphatic hydroxyl groups is 1. The van der Waals surface area contributed by atoms with E-state index in [-0.39, 0.29) is 0 Å². The van der Waals surface area contributed by atoms with E-state index in [0.29, 0.717) is 0 Å². The fourth-order valence-electron chi connectivity index (χ4n) is 0.461. The van der Waals surface area contributed by atoms with Crippen LogP contribution in [0.3, 0.4) is 0 Å². The largest absolute Gasteiger partial charge is 0.626 e. The summed E-state index contributed by atoms with van der Waals surface area (Å²) in [5.74, 6) is 0. The van der Waals surface area contributed by atoms with E-state index < -0.39 is 27.5 Å². The molecule has 8 nitrogen and oxygen atoms in total. The van der Waals surface area contributed by atoms with Crippen LogP contribution >= 0.6 is 15.9 Å². The maximum atomic E-state index is 10.4. The van der Waals surface area contributed by atoms with E-state index in [1.807, 2.05) is 0 Å². The average Bonchev–Trinajstić information content (AvgIpc) is 1.81. The van der Waals surface area contributed by atoms with Gasteiger partial charge in [-0.3, -0.25) is 0 Å². The molecular formula is C2H10NO7P2+. The summed E-state index contributed by atoms with van der Waals surface area (Å²) < 4.78 is 0. The van der Waals surface area contributed by atoms with Gasteiger partial charge in [-0.05, 0) is 0 Å². The predicted octanol–water partition coefficient (Wildman–Crippen LogP) is -4.91. The molecule has 0 aromatic carbocycles. The van der Waals surface area contributed by atoms with Gasteiger partial charge in [0.25, 0.3) is 0 Å². The Bertz CT molecular complexity index is 146. The summed E-state index contributed by atoms with van der Waals surface area (Å²) in [6, 6.07) is 0. The Balaban J connectivity index is 4.95. The smallest absolute Gasteiger partial charge is 0.420 e. The normalized spacial score (nSPS) is 15.0. The summed E-state index contributed by atoms with van der Waals surface area (Å²) in [6.07, 6.45) is 0. The average molecular weight is 222 g/mol. The van der Waals surface area contributed by atoms with Crippen LogP contribution in [-0.2, 0) is 0 Å². The van der Waals surface area contributed by atoms with Crippen LogP contribution in [0.5, 0.6) is 0 Å². The number of hydrogen-bond acceptors (Lipinski definition) is 7. The van der Waals surface area contributed by atoms with Crippen molar-refractivity contribution in [1.29, 1.82) is 0 Å². The quantitative estimate of drug-likeness (QED) is 0.259. The van der Waals surface area contributed by atoms with Crippen molar-refractivity contribution < 1.29 is 40.2 Å². The summed E-state index contributed by atoms with van der Waals surface area (Å²) in [6.45, 7) is -0.971. The molecule has 0 heterocycles. The fraction of sp³-hybridized carbons (Fsp3) is 1.00.